The Hall–Kier alpha value is -5.00. The number of carbonyl (C=O) groups excluding carboxylic acids is 4. The standard InChI is InChI=1S/C34H43N5O7/c1-32(2,3)44-29(41)38(26(27(35)40)21-22-13-11-10-12-14-22)24-17-15-23(16-18-24)25-19-20-36-28(37-25)39(30(42)45-33(4,5)6)31(43)46-34(7,8)9/h10-20,26H,21H2,1-9H3,(H2,35,40)/t26-/m1/s1. The lowest BCUT2D eigenvalue weighted by Gasteiger charge is -2.32. The number of aromatic nitrogens is 2. The normalized spacial score (nSPS) is 12.5. The Kier molecular flexibility index (Phi) is 10.8. The van der Waals surface area contributed by atoms with Gasteiger partial charge in [-0.15, -0.1) is 4.90 Å². The summed E-state index contributed by atoms with van der Waals surface area (Å²) in [5.74, 6) is -0.958. The zero-order chi connectivity index (χ0) is 34.4. The van der Waals surface area contributed by atoms with Crippen molar-refractivity contribution >= 4 is 35.8 Å². The molecule has 246 valence electrons. The second-order valence-corrected chi connectivity index (χ2v) is 13.5. The monoisotopic (exact) mass is 633 g/mol. The van der Waals surface area contributed by atoms with E-state index >= 15 is 0 Å². The molecule has 0 aliphatic heterocycles. The molecule has 2 aromatic carbocycles. The van der Waals surface area contributed by atoms with E-state index in [2.05, 4.69) is 9.97 Å². The van der Waals surface area contributed by atoms with Gasteiger partial charge in [-0.2, -0.15) is 0 Å². The van der Waals surface area contributed by atoms with E-state index in [9.17, 15) is 19.2 Å². The van der Waals surface area contributed by atoms with Crippen molar-refractivity contribution in [2.75, 3.05) is 9.80 Å². The molecule has 3 rings (SSSR count). The molecule has 0 unspecified atom stereocenters. The van der Waals surface area contributed by atoms with Crippen LogP contribution in [0, 0.1) is 0 Å². The van der Waals surface area contributed by atoms with Crippen LogP contribution < -0.4 is 15.5 Å². The highest BCUT2D eigenvalue weighted by molar-refractivity contribution is 6.08. The molecule has 12 nitrogen and oxygen atoms in total. The van der Waals surface area contributed by atoms with E-state index in [4.69, 9.17) is 19.9 Å². The Balaban J connectivity index is 2.03. The van der Waals surface area contributed by atoms with E-state index in [0.717, 1.165) is 5.56 Å². The summed E-state index contributed by atoms with van der Waals surface area (Å²) >= 11 is 0. The van der Waals surface area contributed by atoms with Crippen molar-refractivity contribution in [2.45, 2.75) is 91.6 Å². The molecule has 0 fully saturated rings. The first-order valence-corrected chi connectivity index (χ1v) is 14.8. The van der Waals surface area contributed by atoms with E-state index in [1.165, 1.54) is 11.1 Å². The van der Waals surface area contributed by atoms with Crippen LogP contribution in [0.3, 0.4) is 0 Å². The van der Waals surface area contributed by atoms with Crippen LogP contribution in [0.15, 0.2) is 66.9 Å². The summed E-state index contributed by atoms with van der Waals surface area (Å²) in [6.07, 6.45) is -1.19. The van der Waals surface area contributed by atoms with E-state index < -0.39 is 47.0 Å². The molecule has 3 aromatic rings. The van der Waals surface area contributed by atoms with Crippen molar-refractivity contribution in [3.05, 3.63) is 72.4 Å². The lowest BCUT2D eigenvalue weighted by atomic mass is 10.0. The number of nitrogens with two attached hydrogens (primary N) is 1. The maximum atomic E-state index is 13.5. The van der Waals surface area contributed by atoms with Crippen molar-refractivity contribution in [1.82, 2.24) is 9.97 Å². The van der Waals surface area contributed by atoms with Gasteiger partial charge in [-0.3, -0.25) is 9.69 Å². The lowest BCUT2D eigenvalue weighted by Crippen LogP contribution is -2.51. The third kappa shape index (κ3) is 10.3. The second kappa shape index (κ2) is 14.0. The van der Waals surface area contributed by atoms with Crippen LogP contribution in [0.2, 0.25) is 0 Å². The molecule has 4 amide bonds. The molecule has 2 N–H and O–H groups in total. The van der Waals surface area contributed by atoms with Crippen molar-refractivity contribution in [2.24, 2.45) is 5.73 Å². The fraction of sp³-hybridized carbons (Fsp3) is 0.412. The van der Waals surface area contributed by atoms with Crippen molar-refractivity contribution in [3.8, 4) is 11.3 Å². The fourth-order valence-corrected chi connectivity index (χ4v) is 4.14. The maximum absolute atomic E-state index is 13.5. The molecule has 1 heterocycles. The van der Waals surface area contributed by atoms with Crippen molar-refractivity contribution in [3.63, 3.8) is 0 Å². The molecule has 0 aliphatic rings. The third-order valence-corrected chi connectivity index (χ3v) is 5.94. The molecule has 46 heavy (non-hydrogen) atoms. The minimum absolute atomic E-state index is 0.164. The number of primary amides is 1. The molecule has 0 saturated heterocycles. The van der Waals surface area contributed by atoms with E-state index in [1.807, 2.05) is 30.3 Å². The van der Waals surface area contributed by atoms with Gasteiger partial charge in [-0.1, -0.05) is 42.5 Å². The number of amides is 4. The van der Waals surface area contributed by atoms with Gasteiger partial charge in [0.2, 0.25) is 11.9 Å². The predicted octanol–water partition coefficient (Wildman–Crippen LogP) is 6.66. The van der Waals surface area contributed by atoms with Crippen LogP contribution in [-0.4, -0.2) is 57.0 Å². The van der Waals surface area contributed by atoms with Gasteiger partial charge in [0, 0.05) is 23.9 Å². The minimum atomic E-state index is -1.05. The predicted molar refractivity (Wildman–Crippen MR) is 174 cm³/mol. The molecule has 0 spiro atoms. The minimum Gasteiger partial charge on any atom is -0.443 e. The van der Waals surface area contributed by atoms with Crippen LogP contribution >= 0.6 is 0 Å². The molecule has 0 radical (unpaired) electrons. The van der Waals surface area contributed by atoms with Crippen LogP contribution in [0.1, 0.15) is 67.9 Å². The summed E-state index contributed by atoms with van der Waals surface area (Å²) in [7, 11) is 0. The first kappa shape index (κ1) is 35.5. The number of benzene rings is 2. The summed E-state index contributed by atoms with van der Waals surface area (Å²) in [6.45, 7) is 15.2. The van der Waals surface area contributed by atoms with Crippen molar-refractivity contribution in [1.29, 1.82) is 0 Å². The van der Waals surface area contributed by atoms with E-state index in [-0.39, 0.29) is 12.4 Å². The molecule has 0 bridgehead atoms. The average Bonchev–Trinajstić information content (AvgIpc) is 2.91. The highest BCUT2D eigenvalue weighted by atomic mass is 16.6. The Morgan fingerprint density at radius 3 is 1.70 bits per heavy atom. The summed E-state index contributed by atoms with van der Waals surface area (Å²) in [4.78, 5) is 62.9. The second-order valence-electron chi connectivity index (χ2n) is 13.5. The van der Waals surface area contributed by atoms with Gasteiger partial charge in [0.25, 0.3) is 0 Å². The summed E-state index contributed by atoms with van der Waals surface area (Å²) in [5.41, 5.74) is 5.26. The van der Waals surface area contributed by atoms with Crippen LogP contribution in [-0.2, 0) is 25.4 Å². The van der Waals surface area contributed by atoms with Gasteiger partial charge in [0.15, 0.2) is 0 Å². The Morgan fingerprint density at radius 1 is 0.717 bits per heavy atom. The number of ether oxygens (including phenoxy) is 3. The van der Waals surface area contributed by atoms with Gasteiger partial charge >= 0.3 is 18.3 Å². The maximum Gasteiger partial charge on any atom is 0.427 e. The molecular weight excluding hydrogens is 590 g/mol. The SMILES string of the molecule is CC(C)(C)OC(=O)N(C(=O)OC(C)(C)C)c1nccc(-c2ccc(N(C(=O)OC(C)(C)C)[C@H](Cc3ccccc3)C(N)=O)cc2)n1. The quantitative estimate of drug-likeness (QED) is 0.281. The largest absolute Gasteiger partial charge is 0.443 e. The molecule has 12 heteroatoms. The highest BCUT2D eigenvalue weighted by Gasteiger charge is 2.36. The van der Waals surface area contributed by atoms with Gasteiger partial charge in [-0.05, 0) is 86.1 Å². The summed E-state index contributed by atoms with van der Waals surface area (Å²) in [5, 5.41) is 0. The molecule has 0 aliphatic carbocycles. The third-order valence-electron chi connectivity index (χ3n) is 5.94. The number of carbonyl (C=O) groups is 4. The number of nitrogens with zero attached hydrogens (tertiary/aromatic N) is 4. The Labute approximate surface area is 269 Å². The van der Waals surface area contributed by atoms with Gasteiger partial charge in [-0.25, -0.2) is 24.4 Å². The number of hydrogen-bond donors (Lipinski definition) is 1. The first-order valence-electron chi connectivity index (χ1n) is 14.8. The number of imide groups is 1. The van der Waals surface area contributed by atoms with Crippen LogP contribution in [0.4, 0.5) is 26.0 Å². The lowest BCUT2D eigenvalue weighted by molar-refractivity contribution is -0.119. The first-order chi connectivity index (χ1) is 21.2. The Bertz CT molecular complexity index is 1510. The van der Waals surface area contributed by atoms with E-state index in [0.29, 0.717) is 21.8 Å². The van der Waals surface area contributed by atoms with Gasteiger partial charge in [0.05, 0.1) is 5.69 Å². The molecular formula is C34H43N5O7. The average molecular weight is 634 g/mol. The zero-order valence-corrected chi connectivity index (χ0v) is 27.9. The topological polar surface area (TPSA) is 154 Å². The van der Waals surface area contributed by atoms with Gasteiger partial charge < -0.3 is 19.9 Å². The van der Waals surface area contributed by atoms with Gasteiger partial charge in [0.1, 0.15) is 22.8 Å². The summed E-state index contributed by atoms with van der Waals surface area (Å²) in [6, 6.07) is 16.3. The summed E-state index contributed by atoms with van der Waals surface area (Å²) < 4.78 is 16.5. The van der Waals surface area contributed by atoms with Crippen LogP contribution in [0.5, 0.6) is 0 Å². The molecule has 0 saturated carbocycles. The molecule has 1 atom stereocenters. The highest BCUT2D eigenvalue weighted by Crippen LogP contribution is 2.28. The zero-order valence-electron chi connectivity index (χ0n) is 27.9. The van der Waals surface area contributed by atoms with E-state index in [1.54, 1.807) is 92.6 Å². The number of anilines is 2. The smallest absolute Gasteiger partial charge is 0.427 e. The molecule has 1 aromatic heterocycles. The Morgan fingerprint density at radius 2 is 1.22 bits per heavy atom. The number of rotatable bonds is 7. The number of hydrogen-bond acceptors (Lipinski definition) is 9. The van der Waals surface area contributed by atoms with Crippen LogP contribution in [0.25, 0.3) is 11.3 Å². The van der Waals surface area contributed by atoms with Crippen molar-refractivity contribution < 1.29 is 33.4 Å². The fourth-order valence-electron chi connectivity index (χ4n) is 4.14.